The monoisotopic (exact) mass is 478 g/mol. The fourth-order valence-electron chi connectivity index (χ4n) is 1.74. The second-order valence-corrected chi connectivity index (χ2v) is 8.49. The average molecular weight is 479 g/mol. The molecule has 0 fully saturated rings. The Morgan fingerprint density at radius 1 is 0.968 bits per heavy atom. The minimum Gasteiger partial charge on any atom is -0.481 e. The number of rotatable bonds is 13. The number of nitrogens with two attached hydrogens (primary N) is 1. The Labute approximate surface area is 192 Å². The van der Waals surface area contributed by atoms with Crippen LogP contribution in [0.25, 0.3) is 0 Å². The molecule has 0 heterocycles. The molecule has 0 radical (unpaired) electrons. The molecule has 0 aliphatic rings. The molecule has 0 saturated carbocycles. The Morgan fingerprint density at radius 3 is 1.61 bits per heavy atom. The zero-order chi connectivity index (χ0) is 24.0. The maximum absolute atomic E-state index is 12.2. The third kappa shape index (κ3) is 24.6. The molecule has 0 saturated heterocycles. The molecule has 0 spiro atoms. The number of hydrogen-bond acceptors (Lipinski definition) is 6. The van der Waals surface area contributed by atoms with Gasteiger partial charge in [-0.3, -0.25) is 18.4 Å². The van der Waals surface area contributed by atoms with E-state index in [1.54, 1.807) is 0 Å². The summed E-state index contributed by atoms with van der Waals surface area (Å²) in [5.41, 5.74) is 6.17. The second kappa shape index (κ2) is 21.7. The zero-order valence-corrected chi connectivity index (χ0v) is 20.9. The van der Waals surface area contributed by atoms with Crippen LogP contribution in [-0.2, 0) is 22.9 Å². The minimum atomic E-state index is -3.31. The van der Waals surface area contributed by atoms with Crippen LogP contribution < -0.4 is 11.1 Å². The molecular formula is C21H39N2O6PS. The van der Waals surface area contributed by atoms with Crippen LogP contribution in [0, 0.1) is 0 Å². The van der Waals surface area contributed by atoms with E-state index in [2.05, 4.69) is 38.3 Å². The highest BCUT2D eigenvalue weighted by molar-refractivity contribution is 7.80. The molecule has 10 heteroatoms. The molecule has 8 nitrogen and oxygen atoms in total. The number of para-hydroxylation sites is 1. The van der Waals surface area contributed by atoms with Crippen molar-refractivity contribution in [3.8, 4) is 0 Å². The van der Waals surface area contributed by atoms with E-state index in [4.69, 9.17) is 29.2 Å². The van der Waals surface area contributed by atoms with Gasteiger partial charge in [-0.05, 0) is 43.6 Å². The van der Waals surface area contributed by atoms with Crippen molar-refractivity contribution in [2.24, 2.45) is 5.73 Å². The van der Waals surface area contributed by atoms with Crippen molar-refractivity contribution >= 4 is 36.8 Å². The van der Waals surface area contributed by atoms with Crippen LogP contribution in [0.4, 0.5) is 5.69 Å². The molecule has 4 N–H and O–H groups in total. The van der Waals surface area contributed by atoms with Gasteiger partial charge in [-0.2, -0.15) is 0 Å². The van der Waals surface area contributed by atoms with Crippen molar-refractivity contribution in [2.45, 2.75) is 66.2 Å². The molecule has 0 aliphatic heterocycles. The Bertz CT molecular complexity index is 582. The van der Waals surface area contributed by atoms with E-state index >= 15 is 0 Å². The van der Waals surface area contributed by atoms with E-state index in [9.17, 15) is 4.57 Å². The smallest absolute Gasteiger partial charge is 0.474 e. The van der Waals surface area contributed by atoms with E-state index in [-0.39, 0.29) is 0 Å². The first-order chi connectivity index (χ1) is 14.7. The Morgan fingerprint density at radius 2 is 1.32 bits per heavy atom. The lowest BCUT2D eigenvalue weighted by Gasteiger charge is -2.17. The number of unbranched alkanes of at least 4 members (excludes halogenated alkanes) is 3. The maximum Gasteiger partial charge on any atom is 0.474 e. The van der Waals surface area contributed by atoms with Gasteiger partial charge in [0.1, 0.15) is 0 Å². The lowest BCUT2D eigenvalue weighted by atomic mass is 10.3. The number of phosphoric acid groups is 1. The summed E-state index contributed by atoms with van der Waals surface area (Å²) in [5.74, 6) is -0.833. The molecule has 31 heavy (non-hydrogen) atoms. The van der Waals surface area contributed by atoms with Crippen molar-refractivity contribution in [1.82, 2.24) is 0 Å². The number of anilines is 1. The number of hydrogen-bond donors (Lipinski definition) is 3. The van der Waals surface area contributed by atoms with Gasteiger partial charge in [0.15, 0.2) is 5.11 Å². The first-order valence-corrected chi connectivity index (χ1v) is 12.4. The van der Waals surface area contributed by atoms with Crippen molar-refractivity contribution in [2.75, 3.05) is 25.1 Å². The number of carbonyl (C=O) groups is 1. The summed E-state index contributed by atoms with van der Waals surface area (Å²) in [6, 6.07) is 9.57. The number of phosphoric ester groups is 1. The predicted octanol–water partition coefficient (Wildman–Crippen LogP) is 5.98. The lowest BCUT2D eigenvalue weighted by molar-refractivity contribution is -0.134. The zero-order valence-electron chi connectivity index (χ0n) is 19.2. The maximum atomic E-state index is 12.2. The average Bonchev–Trinajstić information content (AvgIpc) is 2.69. The molecule has 0 aliphatic carbocycles. The normalized spacial score (nSPS) is 10.2. The molecule has 0 atom stereocenters. The van der Waals surface area contributed by atoms with Gasteiger partial charge < -0.3 is 16.2 Å². The van der Waals surface area contributed by atoms with Gasteiger partial charge in [0.2, 0.25) is 0 Å². The summed E-state index contributed by atoms with van der Waals surface area (Å²) in [5, 5.41) is 10.5. The van der Waals surface area contributed by atoms with Crippen molar-refractivity contribution in [1.29, 1.82) is 0 Å². The van der Waals surface area contributed by atoms with E-state index in [0.717, 1.165) is 51.1 Å². The van der Waals surface area contributed by atoms with Gasteiger partial charge in [0, 0.05) is 12.6 Å². The van der Waals surface area contributed by atoms with Crippen LogP contribution in [0.1, 0.15) is 66.2 Å². The second-order valence-electron chi connectivity index (χ2n) is 6.38. The summed E-state index contributed by atoms with van der Waals surface area (Å²) in [6.07, 6.45) is 5.63. The molecule has 0 bridgehead atoms. The fraction of sp³-hybridized carbons (Fsp3) is 0.619. The number of aliphatic carboxylic acids is 1. The van der Waals surface area contributed by atoms with Crippen LogP contribution in [0.2, 0.25) is 0 Å². The Balaban J connectivity index is 0. The molecule has 1 aromatic rings. The largest absolute Gasteiger partial charge is 0.481 e. The van der Waals surface area contributed by atoms with Crippen LogP contribution in [-0.4, -0.2) is 36.0 Å². The standard InChI is InChI=1S/C12H27O4P.C7H8N2S.C2H4O2/c1-4-7-10-14-17(13,15-11-8-5-2)16-12-9-6-3;8-7(10)9-6-4-2-1-3-5-6;1-2(3)4/h4-12H2,1-3H3;1-5H,(H3,8,9,10);1H3,(H,3,4). The number of carboxylic acids is 1. The summed E-state index contributed by atoms with van der Waals surface area (Å²) in [7, 11) is -3.31. The molecule has 180 valence electrons. The SMILES string of the molecule is CC(=O)O.CCCCOP(=O)(OCCCC)OCCCC.NC(=S)Nc1ccccc1. The quantitative estimate of drug-likeness (QED) is 0.179. The Kier molecular flexibility index (Phi) is 22.2. The molecular weight excluding hydrogens is 439 g/mol. The Hall–Kier alpha value is -1.51. The van der Waals surface area contributed by atoms with Crippen molar-refractivity contribution < 1.29 is 28.0 Å². The van der Waals surface area contributed by atoms with E-state index in [1.807, 2.05) is 30.3 Å². The molecule has 1 aromatic carbocycles. The molecule has 0 aromatic heterocycles. The van der Waals surface area contributed by atoms with Gasteiger partial charge in [0.25, 0.3) is 5.97 Å². The molecule has 0 amide bonds. The molecule has 1 rings (SSSR count). The van der Waals surface area contributed by atoms with Crippen LogP contribution >= 0.6 is 20.0 Å². The van der Waals surface area contributed by atoms with Gasteiger partial charge in [-0.1, -0.05) is 58.2 Å². The first kappa shape index (κ1) is 31.7. The van der Waals surface area contributed by atoms with E-state index < -0.39 is 13.8 Å². The van der Waals surface area contributed by atoms with Gasteiger partial charge in [-0.15, -0.1) is 0 Å². The fourth-order valence-corrected chi connectivity index (χ4v) is 3.14. The van der Waals surface area contributed by atoms with Gasteiger partial charge in [0.05, 0.1) is 19.8 Å². The number of thiocarbonyl (C=S) groups is 1. The van der Waals surface area contributed by atoms with E-state index in [1.165, 1.54) is 0 Å². The highest BCUT2D eigenvalue weighted by Gasteiger charge is 2.25. The molecule has 0 unspecified atom stereocenters. The lowest BCUT2D eigenvalue weighted by Crippen LogP contribution is -2.18. The van der Waals surface area contributed by atoms with Gasteiger partial charge >= 0.3 is 7.82 Å². The summed E-state index contributed by atoms with van der Waals surface area (Å²) >= 11 is 4.64. The summed E-state index contributed by atoms with van der Waals surface area (Å²) in [6.45, 7) is 8.57. The number of nitrogens with one attached hydrogen (secondary N) is 1. The van der Waals surface area contributed by atoms with Crippen LogP contribution in [0.3, 0.4) is 0 Å². The van der Waals surface area contributed by atoms with Gasteiger partial charge in [-0.25, -0.2) is 4.57 Å². The number of carboxylic acid groups (broad SMARTS) is 1. The van der Waals surface area contributed by atoms with Crippen molar-refractivity contribution in [3.63, 3.8) is 0 Å². The van der Waals surface area contributed by atoms with Crippen LogP contribution in [0.15, 0.2) is 30.3 Å². The summed E-state index contributed by atoms with van der Waals surface area (Å²) in [4.78, 5) is 9.00. The number of benzene rings is 1. The highest BCUT2D eigenvalue weighted by atomic mass is 32.1. The third-order valence-electron chi connectivity index (χ3n) is 3.28. The topological polar surface area (TPSA) is 120 Å². The summed E-state index contributed by atoms with van der Waals surface area (Å²) < 4.78 is 28.0. The first-order valence-electron chi connectivity index (χ1n) is 10.5. The highest BCUT2D eigenvalue weighted by Crippen LogP contribution is 2.49. The van der Waals surface area contributed by atoms with Crippen molar-refractivity contribution in [3.05, 3.63) is 30.3 Å². The van der Waals surface area contributed by atoms with E-state index in [0.29, 0.717) is 24.9 Å². The minimum absolute atomic E-state index is 0.297. The third-order valence-corrected chi connectivity index (χ3v) is 4.88. The van der Waals surface area contributed by atoms with Crippen LogP contribution in [0.5, 0.6) is 0 Å². The predicted molar refractivity (Wildman–Crippen MR) is 130 cm³/mol.